The van der Waals surface area contributed by atoms with E-state index in [2.05, 4.69) is 50.3 Å². The normalized spacial score (nSPS) is 16.7. The summed E-state index contributed by atoms with van der Waals surface area (Å²) in [4.78, 5) is 23.6. The number of fused-ring (bicyclic) bond motifs is 2. The van der Waals surface area contributed by atoms with Gasteiger partial charge in [0.1, 0.15) is 5.65 Å². The summed E-state index contributed by atoms with van der Waals surface area (Å²) in [6.07, 6.45) is 9.17. The van der Waals surface area contributed by atoms with Gasteiger partial charge in [-0.15, -0.1) is 0 Å². The first-order chi connectivity index (χ1) is 15.2. The maximum atomic E-state index is 12.0. The van der Waals surface area contributed by atoms with E-state index < -0.39 is 0 Å². The Bertz CT molecular complexity index is 1090. The number of rotatable bonds is 7. The molecule has 0 atom stereocenters. The van der Waals surface area contributed by atoms with Crippen LogP contribution in [0.15, 0.2) is 36.7 Å². The molecule has 1 aliphatic heterocycles. The molecule has 0 radical (unpaired) electrons. The van der Waals surface area contributed by atoms with Crippen molar-refractivity contribution in [2.75, 3.05) is 25.5 Å². The fraction of sp³-hybridized carbons (Fsp3) is 0.458. The molecular formula is C24H30N6O. The molecule has 2 aliphatic rings. The summed E-state index contributed by atoms with van der Waals surface area (Å²) in [5, 5.41) is 7.46. The molecule has 31 heavy (non-hydrogen) atoms. The predicted octanol–water partition coefficient (Wildman–Crippen LogP) is 3.47. The zero-order valence-corrected chi connectivity index (χ0v) is 18.1. The first-order valence-electron chi connectivity index (χ1n) is 11.3. The van der Waals surface area contributed by atoms with Gasteiger partial charge < -0.3 is 20.1 Å². The summed E-state index contributed by atoms with van der Waals surface area (Å²) < 4.78 is 2.14. The van der Waals surface area contributed by atoms with Crippen molar-refractivity contribution in [3.63, 3.8) is 0 Å². The zero-order chi connectivity index (χ0) is 21.2. The zero-order valence-electron chi connectivity index (χ0n) is 18.1. The van der Waals surface area contributed by atoms with Crippen molar-refractivity contribution in [2.24, 2.45) is 5.92 Å². The minimum absolute atomic E-state index is 0.216. The van der Waals surface area contributed by atoms with Crippen LogP contribution in [0, 0.1) is 5.92 Å². The molecule has 0 saturated heterocycles. The molecule has 2 aromatic heterocycles. The van der Waals surface area contributed by atoms with Crippen LogP contribution in [0.1, 0.15) is 36.8 Å². The van der Waals surface area contributed by atoms with Crippen molar-refractivity contribution in [1.82, 2.24) is 24.8 Å². The maximum absolute atomic E-state index is 12.0. The van der Waals surface area contributed by atoms with E-state index >= 15 is 0 Å². The average Bonchev–Trinajstić information content (AvgIpc) is 3.12. The molecule has 0 spiro atoms. The molecule has 7 nitrogen and oxygen atoms in total. The molecule has 0 unspecified atom stereocenters. The highest BCUT2D eigenvalue weighted by molar-refractivity contribution is 5.79. The number of amides is 1. The van der Waals surface area contributed by atoms with Gasteiger partial charge in [-0.1, -0.05) is 12.5 Å². The first kappa shape index (κ1) is 20.0. The van der Waals surface area contributed by atoms with Gasteiger partial charge in [0, 0.05) is 55.6 Å². The van der Waals surface area contributed by atoms with Gasteiger partial charge in [0.05, 0.1) is 0 Å². The quantitative estimate of drug-likeness (QED) is 0.575. The Hall–Kier alpha value is -2.93. The Kier molecular flexibility index (Phi) is 5.59. The number of benzene rings is 1. The van der Waals surface area contributed by atoms with E-state index in [4.69, 9.17) is 4.98 Å². The first-order valence-corrected chi connectivity index (χ1v) is 11.3. The summed E-state index contributed by atoms with van der Waals surface area (Å²) in [7, 11) is 2.16. The molecule has 2 N–H and O–H groups in total. The van der Waals surface area contributed by atoms with E-state index in [-0.39, 0.29) is 11.8 Å². The van der Waals surface area contributed by atoms with Crippen LogP contribution in [0.2, 0.25) is 0 Å². The second-order valence-corrected chi connectivity index (χ2v) is 8.85. The van der Waals surface area contributed by atoms with Gasteiger partial charge in [0.25, 0.3) is 0 Å². The fourth-order valence-electron chi connectivity index (χ4n) is 4.39. The lowest BCUT2D eigenvalue weighted by molar-refractivity contribution is -0.127. The van der Waals surface area contributed by atoms with Crippen molar-refractivity contribution >= 4 is 28.6 Å². The van der Waals surface area contributed by atoms with Gasteiger partial charge in [-0.25, -0.2) is 4.98 Å². The molecule has 3 aromatic rings. The van der Waals surface area contributed by atoms with Gasteiger partial charge in [0.15, 0.2) is 0 Å². The van der Waals surface area contributed by atoms with E-state index in [1.807, 2.05) is 18.5 Å². The molecule has 1 amide bonds. The van der Waals surface area contributed by atoms with Crippen LogP contribution in [0.3, 0.4) is 0 Å². The summed E-state index contributed by atoms with van der Waals surface area (Å²) in [5.41, 5.74) is 4.73. The highest BCUT2D eigenvalue weighted by atomic mass is 16.1. The third-order valence-corrected chi connectivity index (χ3v) is 6.52. The lowest BCUT2D eigenvalue weighted by Gasteiger charge is -2.25. The lowest BCUT2D eigenvalue weighted by Crippen LogP contribution is -2.35. The highest BCUT2D eigenvalue weighted by Crippen LogP contribution is 2.26. The second kappa shape index (κ2) is 8.67. The van der Waals surface area contributed by atoms with E-state index in [0.717, 1.165) is 62.0 Å². The van der Waals surface area contributed by atoms with Crippen molar-refractivity contribution < 1.29 is 4.79 Å². The van der Waals surface area contributed by atoms with Crippen molar-refractivity contribution in [3.05, 3.63) is 47.8 Å². The SMILES string of the molecule is CN1CCc2ccc(Nc3ncc4ccn(CCCNC(=O)C5CCC5)c4n3)cc2C1. The number of nitrogens with zero attached hydrogens (tertiary/aromatic N) is 4. The topological polar surface area (TPSA) is 75.1 Å². The van der Waals surface area contributed by atoms with Crippen LogP contribution in [0.25, 0.3) is 11.0 Å². The smallest absolute Gasteiger partial charge is 0.229 e. The van der Waals surface area contributed by atoms with Crippen molar-refractivity contribution in [3.8, 4) is 0 Å². The van der Waals surface area contributed by atoms with E-state index in [0.29, 0.717) is 12.5 Å². The molecule has 7 heteroatoms. The summed E-state index contributed by atoms with van der Waals surface area (Å²) in [5.74, 6) is 1.07. The summed E-state index contributed by atoms with van der Waals surface area (Å²) >= 11 is 0. The van der Waals surface area contributed by atoms with E-state index in [1.165, 1.54) is 17.5 Å². The van der Waals surface area contributed by atoms with Crippen LogP contribution in [-0.4, -0.2) is 45.5 Å². The van der Waals surface area contributed by atoms with Crippen LogP contribution in [-0.2, 0) is 24.3 Å². The molecule has 1 aliphatic carbocycles. The van der Waals surface area contributed by atoms with Gasteiger partial charge in [-0.2, -0.15) is 4.98 Å². The van der Waals surface area contributed by atoms with Gasteiger partial charge in [0.2, 0.25) is 11.9 Å². The standard InChI is InChI=1S/C24H30N6O/c1-29-12-8-17-6-7-21(14-20(17)16-29)27-24-26-15-19-9-13-30(22(19)28-24)11-3-10-25-23(31)18-4-2-5-18/h6-7,9,13-15,18H,2-5,8,10-12,16H2,1H3,(H,25,31)(H,26,27,28). The number of carbonyl (C=O) groups is 1. The molecule has 3 heterocycles. The molecule has 1 aromatic carbocycles. The lowest BCUT2D eigenvalue weighted by atomic mass is 9.85. The molecule has 5 rings (SSSR count). The second-order valence-electron chi connectivity index (χ2n) is 8.85. The average molecular weight is 419 g/mol. The molecule has 0 bridgehead atoms. The van der Waals surface area contributed by atoms with Crippen LogP contribution < -0.4 is 10.6 Å². The molecule has 1 fully saturated rings. The minimum atomic E-state index is 0.216. The molecule has 162 valence electrons. The number of carbonyl (C=O) groups excluding carboxylic acids is 1. The van der Waals surface area contributed by atoms with Gasteiger partial charge >= 0.3 is 0 Å². The highest BCUT2D eigenvalue weighted by Gasteiger charge is 2.24. The minimum Gasteiger partial charge on any atom is -0.356 e. The number of anilines is 2. The number of aryl methyl sites for hydroxylation is 1. The predicted molar refractivity (Wildman–Crippen MR) is 122 cm³/mol. The Balaban J connectivity index is 1.23. The Morgan fingerprint density at radius 1 is 1.23 bits per heavy atom. The monoisotopic (exact) mass is 418 g/mol. The van der Waals surface area contributed by atoms with E-state index in [9.17, 15) is 4.79 Å². The van der Waals surface area contributed by atoms with Crippen molar-refractivity contribution in [1.29, 1.82) is 0 Å². The number of hydrogen-bond donors (Lipinski definition) is 2. The number of aromatic nitrogens is 3. The third-order valence-electron chi connectivity index (χ3n) is 6.52. The van der Waals surface area contributed by atoms with Crippen LogP contribution in [0.5, 0.6) is 0 Å². The van der Waals surface area contributed by atoms with Gasteiger partial charge in [-0.05, 0) is 62.1 Å². The maximum Gasteiger partial charge on any atom is 0.229 e. The number of hydrogen-bond acceptors (Lipinski definition) is 5. The molecular weight excluding hydrogens is 388 g/mol. The Morgan fingerprint density at radius 3 is 2.97 bits per heavy atom. The number of nitrogens with one attached hydrogen (secondary N) is 2. The van der Waals surface area contributed by atoms with E-state index in [1.54, 1.807) is 0 Å². The summed E-state index contributed by atoms with van der Waals surface area (Å²) in [6, 6.07) is 8.58. The van der Waals surface area contributed by atoms with Crippen LogP contribution in [0.4, 0.5) is 11.6 Å². The number of likely N-dealkylation sites (N-methyl/N-ethyl adjacent to an activating group) is 1. The molecule has 1 saturated carbocycles. The van der Waals surface area contributed by atoms with Crippen LogP contribution >= 0.6 is 0 Å². The van der Waals surface area contributed by atoms with Crippen molar-refractivity contribution in [2.45, 2.75) is 45.2 Å². The van der Waals surface area contributed by atoms with Gasteiger partial charge in [-0.3, -0.25) is 4.79 Å². The Labute approximate surface area is 182 Å². The third kappa shape index (κ3) is 4.42. The summed E-state index contributed by atoms with van der Waals surface area (Å²) in [6.45, 7) is 3.61. The Morgan fingerprint density at radius 2 is 2.13 bits per heavy atom. The largest absolute Gasteiger partial charge is 0.356 e. The fourth-order valence-corrected chi connectivity index (χ4v) is 4.39.